The number of thiophene rings is 1. The zero-order chi connectivity index (χ0) is 17.7. The second kappa shape index (κ2) is 5.98. The molecule has 1 amide bonds. The second-order valence-corrected chi connectivity index (χ2v) is 8.24. The van der Waals surface area contributed by atoms with Gasteiger partial charge >= 0.3 is 0 Å². The van der Waals surface area contributed by atoms with Gasteiger partial charge in [0.05, 0.1) is 10.2 Å². The summed E-state index contributed by atoms with van der Waals surface area (Å²) in [6.07, 6.45) is 1.15. The maximum Gasteiger partial charge on any atom is 0.291 e. The molecule has 4 rings (SSSR count). The van der Waals surface area contributed by atoms with Gasteiger partial charge < -0.3 is 4.90 Å². The summed E-state index contributed by atoms with van der Waals surface area (Å²) in [5.74, 6) is 1.69. The number of carbonyl (C=O) groups is 1. The molecule has 0 unspecified atom stereocenters. The van der Waals surface area contributed by atoms with Gasteiger partial charge in [-0.25, -0.2) is 4.68 Å². The number of fused-ring (bicyclic) bond motifs is 3. The molecule has 0 bridgehead atoms. The molecule has 0 radical (unpaired) electrons. The molecule has 2 atom stereocenters. The molecule has 0 saturated carbocycles. The Morgan fingerprint density at radius 2 is 2.00 bits per heavy atom. The lowest BCUT2D eigenvalue weighted by Crippen LogP contribution is -2.45. The topological polar surface area (TPSA) is 59.6 Å². The highest BCUT2D eigenvalue weighted by molar-refractivity contribution is 7.17. The van der Waals surface area contributed by atoms with Gasteiger partial charge in [0.25, 0.3) is 5.56 Å². The van der Waals surface area contributed by atoms with E-state index in [0.717, 1.165) is 35.6 Å². The van der Waals surface area contributed by atoms with Crippen LogP contribution in [0.15, 0.2) is 22.3 Å². The minimum absolute atomic E-state index is 0.00838. The molecule has 1 fully saturated rings. The number of aryl methyl sites for hydroxylation is 1. The quantitative estimate of drug-likeness (QED) is 0.707. The molecule has 1 aliphatic heterocycles. The summed E-state index contributed by atoms with van der Waals surface area (Å²) in [5.41, 5.74) is 1.38. The predicted molar refractivity (Wildman–Crippen MR) is 99.1 cm³/mol. The van der Waals surface area contributed by atoms with E-state index >= 15 is 0 Å². The van der Waals surface area contributed by atoms with Gasteiger partial charge in [-0.15, -0.1) is 11.3 Å². The fraction of sp³-hybridized carbons (Fsp3) is 0.500. The van der Waals surface area contributed by atoms with Crippen LogP contribution in [0.3, 0.4) is 0 Å². The Morgan fingerprint density at radius 1 is 1.28 bits per heavy atom. The van der Waals surface area contributed by atoms with Gasteiger partial charge in [-0.3, -0.25) is 14.0 Å². The fourth-order valence-corrected chi connectivity index (χ4v) is 4.83. The first-order valence-electron chi connectivity index (χ1n) is 8.68. The Hall–Kier alpha value is -2.15. The highest BCUT2D eigenvalue weighted by Crippen LogP contribution is 2.24. The third-order valence-corrected chi connectivity index (χ3v) is 5.83. The van der Waals surface area contributed by atoms with E-state index in [9.17, 15) is 9.59 Å². The first-order valence-corrected chi connectivity index (χ1v) is 9.56. The molecule has 25 heavy (non-hydrogen) atoms. The van der Waals surface area contributed by atoms with E-state index in [1.54, 1.807) is 11.3 Å². The van der Waals surface area contributed by atoms with Crippen LogP contribution in [0.4, 0.5) is 0 Å². The van der Waals surface area contributed by atoms with Gasteiger partial charge in [0.1, 0.15) is 17.9 Å². The van der Waals surface area contributed by atoms with Crippen LogP contribution in [-0.2, 0) is 11.3 Å². The smallest absolute Gasteiger partial charge is 0.291 e. The van der Waals surface area contributed by atoms with Crippen molar-refractivity contribution < 1.29 is 4.79 Å². The molecule has 7 heteroatoms. The maximum atomic E-state index is 12.8. The molecule has 3 aromatic rings. The largest absolute Gasteiger partial charge is 0.341 e. The zero-order valence-corrected chi connectivity index (χ0v) is 15.5. The zero-order valence-electron chi connectivity index (χ0n) is 14.7. The van der Waals surface area contributed by atoms with Crippen molar-refractivity contribution in [3.8, 4) is 0 Å². The maximum absolute atomic E-state index is 12.8. The Kier molecular flexibility index (Phi) is 3.91. The van der Waals surface area contributed by atoms with Crippen LogP contribution in [0, 0.1) is 18.8 Å². The second-order valence-electron chi connectivity index (χ2n) is 7.29. The van der Waals surface area contributed by atoms with Crippen LogP contribution < -0.4 is 5.56 Å². The summed E-state index contributed by atoms with van der Waals surface area (Å²) in [7, 11) is 0. The molecular weight excluding hydrogens is 336 g/mol. The summed E-state index contributed by atoms with van der Waals surface area (Å²) in [5, 5.41) is 6.40. The molecule has 132 valence electrons. The number of likely N-dealkylation sites (tertiary alicyclic amines) is 1. The third kappa shape index (κ3) is 2.76. The summed E-state index contributed by atoms with van der Waals surface area (Å²) in [6.45, 7) is 7.75. The molecular formula is C18H22N4O2S. The van der Waals surface area contributed by atoms with Crippen LogP contribution in [0.25, 0.3) is 15.7 Å². The fourth-order valence-electron chi connectivity index (χ4n) is 4.03. The Labute approximate surface area is 149 Å². The number of carbonyl (C=O) groups excluding carboxylic acids is 1. The van der Waals surface area contributed by atoms with Gasteiger partial charge in [-0.1, -0.05) is 13.8 Å². The molecule has 3 aromatic heterocycles. The van der Waals surface area contributed by atoms with Gasteiger partial charge in [-0.2, -0.15) is 5.10 Å². The minimum Gasteiger partial charge on any atom is -0.341 e. The number of hydrogen-bond donors (Lipinski definition) is 0. The highest BCUT2D eigenvalue weighted by atomic mass is 32.1. The van der Waals surface area contributed by atoms with Gasteiger partial charge in [-0.05, 0) is 42.7 Å². The van der Waals surface area contributed by atoms with E-state index in [-0.39, 0.29) is 18.0 Å². The number of hydrogen-bond acceptors (Lipinski definition) is 4. The molecule has 0 N–H and O–H groups in total. The van der Waals surface area contributed by atoms with Crippen molar-refractivity contribution in [3.05, 3.63) is 33.7 Å². The first-order chi connectivity index (χ1) is 11.9. The Balaban J connectivity index is 1.68. The van der Waals surface area contributed by atoms with Crippen LogP contribution in [0.1, 0.15) is 26.1 Å². The van der Waals surface area contributed by atoms with Crippen molar-refractivity contribution >= 4 is 33.0 Å². The Morgan fingerprint density at radius 3 is 2.72 bits per heavy atom. The highest BCUT2D eigenvalue weighted by Gasteiger charge is 2.26. The van der Waals surface area contributed by atoms with E-state index < -0.39 is 0 Å². The lowest BCUT2D eigenvalue weighted by Gasteiger charge is -2.35. The minimum atomic E-state index is -0.208. The number of aromatic nitrogens is 3. The van der Waals surface area contributed by atoms with Gasteiger partial charge in [0.15, 0.2) is 0 Å². The first kappa shape index (κ1) is 16.3. The van der Waals surface area contributed by atoms with E-state index in [1.165, 1.54) is 4.68 Å². The molecule has 0 aliphatic carbocycles. The van der Waals surface area contributed by atoms with Crippen LogP contribution in [-0.4, -0.2) is 38.1 Å². The SMILES string of the molecule is Cc1nn(CC(=O)N2C[C@@H](C)C[C@H](C)C2)c(=O)c2cc3sccc3n12. The van der Waals surface area contributed by atoms with E-state index in [2.05, 4.69) is 18.9 Å². The molecule has 1 saturated heterocycles. The molecule has 1 aliphatic rings. The van der Waals surface area contributed by atoms with Crippen LogP contribution in [0.5, 0.6) is 0 Å². The van der Waals surface area contributed by atoms with E-state index in [1.807, 2.05) is 33.7 Å². The molecule has 6 nitrogen and oxygen atoms in total. The van der Waals surface area contributed by atoms with Crippen molar-refractivity contribution in [1.82, 2.24) is 19.1 Å². The van der Waals surface area contributed by atoms with Crippen molar-refractivity contribution in [3.63, 3.8) is 0 Å². The normalized spacial score (nSPS) is 21.3. The lowest BCUT2D eigenvalue weighted by molar-refractivity contribution is -0.134. The molecule has 0 aromatic carbocycles. The monoisotopic (exact) mass is 358 g/mol. The van der Waals surface area contributed by atoms with Crippen LogP contribution >= 0.6 is 11.3 Å². The van der Waals surface area contributed by atoms with E-state index in [4.69, 9.17) is 0 Å². The van der Waals surface area contributed by atoms with Crippen LogP contribution in [0.2, 0.25) is 0 Å². The van der Waals surface area contributed by atoms with Gasteiger partial charge in [0.2, 0.25) is 5.91 Å². The number of rotatable bonds is 2. The van der Waals surface area contributed by atoms with Crippen molar-refractivity contribution in [2.24, 2.45) is 11.8 Å². The summed E-state index contributed by atoms with van der Waals surface area (Å²) in [6, 6.07) is 3.89. The molecule has 4 heterocycles. The van der Waals surface area contributed by atoms with Gasteiger partial charge in [0, 0.05) is 13.1 Å². The summed E-state index contributed by atoms with van der Waals surface area (Å²) < 4.78 is 4.26. The van der Waals surface area contributed by atoms with Crippen molar-refractivity contribution in [1.29, 1.82) is 0 Å². The van der Waals surface area contributed by atoms with Crippen molar-refractivity contribution in [2.45, 2.75) is 33.7 Å². The average molecular weight is 358 g/mol. The standard InChI is InChI=1S/C18H22N4O2S/c1-11-6-12(2)9-20(8-11)17(23)10-21-18(24)15-7-16-14(4-5-25-16)22(15)13(3)19-21/h4-5,7,11-12H,6,8-10H2,1-3H3/t11-,12-/m0/s1. The Bertz CT molecular complexity index is 1010. The molecule has 0 spiro atoms. The lowest BCUT2D eigenvalue weighted by atomic mass is 9.92. The summed E-state index contributed by atoms with van der Waals surface area (Å²) >= 11 is 1.60. The number of nitrogens with zero attached hydrogens (tertiary/aromatic N) is 4. The third-order valence-electron chi connectivity index (χ3n) is 4.97. The number of piperidine rings is 1. The average Bonchev–Trinajstić information content (AvgIpc) is 3.12. The number of amides is 1. The van der Waals surface area contributed by atoms with Crippen molar-refractivity contribution in [2.75, 3.05) is 13.1 Å². The predicted octanol–water partition coefficient (Wildman–Crippen LogP) is 2.52. The van der Waals surface area contributed by atoms with E-state index in [0.29, 0.717) is 17.4 Å². The summed E-state index contributed by atoms with van der Waals surface area (Å²) in [4.78, 5) is 27.4.